The lowest BCUT2D eigenvalue weighted by Crippen LogP contribution is -1.98. The van der Waals surface area contributed by atoms with Gasteiger partial charge in [-0.1, -0.05) is 36.5 Å². The SMILES string of the molecule is C=CS/C(=C\C)c1nc2ccccc2nc1OC. The number of hydrogen-bond donors (Lipinski definition) is 0. The number of fused-ring (bicyclic) bond motifs is 1. The Balaban J connectivity index is 2.64. The molecule has 0 amide bonds. The maximum absolute atomic E-state index is 5.32. The zero-order chi connectivity index (χ0) is 13.0. The molecule has 4 heteroatoms. The lowest BCUT2D eigenvalue weighted by Gasteiger charge is -2.09. The second kappa shape index (κ2) is 5.69. The number of benzene rings is 1. The van der Waals surface area contributed by atoms with Crippen LogP contribution in [0, 0.1) is 0 Å². The van der Waals surface area contributed by atoms with Gasteiger partial charge in [0.2, 0.25) is 5.88 Å². The highest BCUT2D eigenvalue weighted by atomic mass is 32.2. The van der Waals surface area contributed by atoms with Crippen molar-refractivity contribution in [2.75, 3.05) is 7.11 Å². The summed E-state index contributed by atoms with van der Waals surface area (Å²) in [5.74, 6) is 0.538. The van der Waals surface area contributed by atoms with E-state index >= 15 is 0 Å². The van der Waals surface area contributed by atoms with E-state index < -0.39 is 0 Å². The lowest BCUT2D eigenvalue weighted by atomic mass is 10.3. The van der Waals surface area contributed by atoms with Gasteiger partial charge in [-0.15, -0.1) is 0 Å². The van der Waals surface area contributed by atoms with Crippen LogP contribution in [0.1, 0.15) is 12.6 Å². The summed E-state index contributed by atoms with van der Waals surface area (Å²) >= 11 is 1.51. The van der Waals surface area contributed by atoms with Crippen molar-refractivity contribution < 1.29 is 4.74 Å². The number of thioether (sulfide) groups is 1. The molecule has 92 valence electrons. The largest absolute Gasteiger partial charge is 0.479 e. The molecule has 0 saturated carbocycles. The van der Waals surface area contributed by atoms with Crippen LogP contribution in [0.5, 0.6) is 5.88 Å². The number of hydrogen-bond acceptors (Lipinski definition) is 4. The number of nitrogens with zero attached hydrogens (tertiary/aromatic N) is 2. The fraction of sp³-hybridized carbons (Fsp3) is 0.143. The number of rotatable bonds is 4. The van der Waals surface area contributed by atoms with Crippen molar-refractivity contribution in [1.82, 2.24) is 9.97 Å². The molecule has 0 aliphatic carbocycles. The quantitative estimate of drug-likeness (QED) is 0.833. The van der Waals surface area contributed by atoms with E-state index in [4.69, 9.17) is 4.74 Å². The van der Waals surface area contributed by atoms with Crippen molar-refractivity contribution in [2.24, 2.45) is 0 Å². The second-order valence-electron chi connectivity index (χ2n) is 3.51. The third kappa shape index (κ3) is 2.38. The van der Waals surface area contributed by atoms with Gasteiger partial charge in [0.15, 0.2) is 0 Å². The summed E-state index contributed by atoms with van der Waals surface area (Å²) in [5.41, 5.74) is 2.44. The summed E-state index contributed by atoms with van der Waals surface area (Å²) in [6.07, 6.45) is 1.98. The smallest absolute Gasteiger partial charge is 0.241 e. The molecule has 2 rings (SSSR count). The molecule has 3 nitrogen and oxygen atoms in total. The van der Waals surface area contributed by atoms with Crippen LogP contribution in [-0.2, 0) is 0 Å². The molecule has 0 unspecified atom stereocenters. The molecule has 0 radical (unpaired) electrons. The van der Waals surface area contributed by atoms with Gasteiger partial charge in [0.1, 0.15) is 5.69 Å². The Hall–Kier alpha value is -1.81. The molecule has 0 aliphatic heterocycles. The van der Waals surface area contributed by atoms with E-state index in [1.807, 2.05) is 37.3 Å². The highest BCUT2D eigenvalue weighted by molar-refractivity contribution is 8.10. The zero-order valence-corrected chi connectivity index (χ0v) is 11.2. The van der Waals surface area contributed by atoms with Crippen LogP contribution in [-0.4, -0.2) is 17.1 Å². The predicted octanol–water partition coefficient (Wildman–Crippen LogP) is 3.88. The summed E-state index contributed by atoms with van der Waals surface area (Å²) in [7, 11) is 1.61. The number of methoxy groups -OCH3 is 1. The molecule has 0 saturated heterocycles. The van der Waals surface area contributed by atoms with Gasteiger partial charge in [0, 0.05) is 4.91 Å². The fourth-order valence-electron chi connectivity index (χ4n) is 1.64. The van der Waals surface area contributed by atoms with Crippen molar-refractivity contribution >= 4 is 27.7 Å². The van der Waals surface area contributed by atoms with Gasteiger partial charge in [-0.25, -0.2) is 9.97 Å². The van der Waals surface area contributed by atoms with Crippen LogP contribution in [0.15, 0.2) is 42.3 Å². The van der Waals surface area contributed by atoms with Crippen LogP contribution in [0.3, 0.4) is 0 Å². The molecule has 0 spiro atoms. The van der Waals surface area contributed by atoms with Crippen molar-refractivity contribution in [3.63, 3.8) is 0 Å². The van der Waals surface area contributed by atoms with Crippen LogP contribution in [0.4, 0.5) is 0 Å². The standard InChI is InChI=1S/C14H14N2OS/c1-4-12(18-5-2)13-14(17-3)16-11-9-7-6-8-10(11)15-13/h4-9H,2H2,1,3H3/b12-4-. The third-order valence-electron chi connectivity index (χ3n) is 2.44. The first-order valence-corrected chi connectivity index (χ1v) is 6.43. The maximum Gasteiger partial charge on any atom is 0.241 e. The van der Waals surface area contributed by atoms with Gasteiger partial charge in [-0.05, 0) is 24.5 Å². The van der Waals surface area contributed by atoms with Gasteiger partial charge < -0.3 is 4.74 Å². The molecule has 1 aromatic heterocycles. The topological polar surface area (TPSA) is 35.0 Å². The first kappa shape index (κ1) is 12.6. The van der Waals surface area contributed by atoms with E-state index in [-0.39, 0.29) is 0 Å². The predicted molar refractivity (Wildman–Crippen MR) is 77.5 cm³/mol. The van der Waals surface area contributed by atoms with E-state index in [1.54, 1.807) is 12.5 Å². The molecular formula is C14H14N2OS. The third-order valence-corrected chi connectivity index (χ3v) is 3.29. The van der Waals surface area contributed by atoms with E-state index in [0.717, 1.165) is 21.6 Å². The fourth-order valence-corrected chi connectivity index (χ4v) is 2.20. The monoisotopic (exact) mass is 258 g/mol. The summed E-state index contributed by atoms with van der Waals surface area (Å²) in [5, 5.41) is 1.77. The summed E-state index contributed by atoms with van der Waals surface area (Å²) in [6, 6.07) is 7.75. The molecule has 0 bridgehead atoms. The first-order chi connectivity index (χ1) is 8.80. The highest BCUT2D eigenvalue weighted by Gasteiger charge is 2.12. The second-order valence-corrected chi connectivity index (χ2v) is 4.52. The zero-order valence-electron chi connectivity index (χ0n) is 10.4. The number of para-hydroxylation sites is 2. The molecule has 0 atom stereocenters. The molecule has 0 N–H and O–H groups in total. The molecule has 0 aliphatic rings. The molecule has 1 heterocycles. The van der Waals surface area contributed by atoms with E-state index in [0.29, 0.717) is 5.88 Å². The molecular weight excluding hydrogens is 244 g/mol. The van der Waals surface area contributed by atoms with Crippen molar-refractivity contribution in [2.45, 2.75) is 6.92 Å². The first-order valence-electron chi connectivity index (χ1n) is 5.55. The molecule has 0 fully saturated rings. The minimum absolute atomic E-state index is 0.538. The van der Waals surface area contributed by atoms with E-state index in [9.17, 15) is 0 Å². The van der Waals surface area contributed by atoms with Gasteiger partial charge >= 0.3 is 0 Å². The van der Waals surface area contributed by atoms with Crippen molar-refractivity contribution in [3.8, 4) is 5.88 Å². The Morgan fingerprint density at radius 3 is 2.50 bits per heavy atom. The minimum Gasteiger partial charge on any atom is -0.479 e. The van der Waals surface area contributed by atoms with Gasteiger partial charge in [-0.3, -0.25) is 0 Å². The number of aromatic nitrogens is 2. The Labute approximate surface area is 111 Å². The van der Waals surface area contributed by atoms with Crippen molar-refractivity contribution in [3.05, 3.63) is 48.0 Å². The molecule has 18 heavy (non-hydrogen) atoms. The number of allylic oxidation sites excluding steroid dienone is 1. The van der Waals surface area contributed by atoms with E-state index in [2.05, 4.69) is 16.5 Å². The van der Waals surface area contributed by atoms with Gasteiger partial charge in [-0.2, -0.15) is 0 Å². The Bertz CT molecular complexity index is 608. The van der Waals surface area contributed by atoms with Crippen LogP contribution >= 0.6 is 11.8 Å². The normalized spacial score (nSPS) is 11.6. The van der Waals surface area contributed by atoms with Crippen LogP contribution in [0.25, 0.3) is 15.9 Å². The van der Waals surface area contributed by atoms with Crippen molar-refractivity contribution in [1.29, 1.82) is 0 Å². The van der Waals surface area contributed by atoms with E-state index in [1.165, 1.54) is 11.8 Å². The van der Waals surface area contributed by atoms with Gasteiger partial charge in [0.05, 0.1) is 18.1 Å². The van der Waals surface area contributed by atoms with Gasteiger partial charge in [0.25, 0.3) is 0 Å². The summed E-state index contributed by atoms with van der Waals surface area (Å²) < 4.78 is 5.32. The molecule has 1 aromatic carbocycles. The summed E-state index contributed by atoms with van der Waals surface area (Å²) in [4.78, 5) is 10.1. The average Bonchev–Trinajstić information content (AvgIpc) is 2.43. The average molecular weight is 258 g/mol. The Kier molecular flexibility index (Phi) is 3.99. The number of ether oxygens (including phenoxy) is 1. The molecule has 2 aromatic rings. The summed E-state index contributed by atoms with van der Waals surface area (Å²) in [6.45, 7) is 5.69. The maximum atomic E-state index is 5.32. The van der Waals surface area contributed by atoms with Crippen LogP contribution < -0.4 is 4.74 Å². The Morgan fingerprint density at radius 1 is 1.28 bits per heavy atom. The Morgan fingerprint density at radius 2 is 1.94 bits per heavy atom. The van der Waals surface area contributed by atoms with Crippen LogP contribution in [0.2, 0.25) is 0 Å². The highest BCUT2D eigenvalue weighted by Crippen LogP contribution is 2.32. The lowest BCUT2D eigenvalue weighted by molar-refractivity contribution is 0.396. The minimum atomic E-state index is 0.538.